The van der Waals surface area contributed by atoms with Gasteiger partial charge >= 0.3 is 0 Å². The smallest absolute Gasteiger partial charge is 0.270 e. The van der Waals surface area contributed by atoms with E-state index in [1.165, 1.54) is 0 Å². The zero-order chi connectivity index (χ0) is 15.6. The number of nitro benzene ring substituents is 1. The van der Waals surface area contributed by atoms with E-state index in [1.54, 1.807) is 17.9 Å². The molecular weight excluding hydrogens is 276 g/mol. The highest BCUT2D eigenvalue weighted by Crippen LogP contribution is 2.22. The standard InChI is InChI=1S/C13H14N4O4/c1-8-9(7-15-16(8)2)6-14-13(19)11-5-10(17(20)21)3-4-12(11)18/h3-5,7,18H,6H2,1-2H3,(H,14,19). The normalized spacial score (nSPS) is 10.4. The molecule has 2 aromatic rings. The summed E-state index contributed by atoms with van der Waals surface area (Å²) in [6.07, 6.45) is 1.63. The molecule has 1 amide bonds. The van der Waals surface area contributed by atoms with Gasteiger partial charge in [0, 0.05) is 37.0 Å². The summed E-state index contributed by atoms with van der Waals surface area (Å²) in [6.45, 7) is 2.08. The highest BCUT2D eigenvalue weighted by Gasteiger charge is 2.16. The van der Waals surface area contributed by atoms with E-state index in [0.29, 0.717) is 0 Å². The van der Waals surface area contributed by atoms with Crippen molar-refractivity contribution in [3.63, 3.8) is 0 Å². The molecule has 0 bridgehead atoms. The SMILES string of the molecule is Cc1c(CNC(=O)c2cc([N+](=O)[O-])ccc2O)cnn1C. The zero-order valence-corrected chi connectivity index (χ0v) is 11.5. The minimum Gasteiger partial charge on any atom is -0.507 e. The van der Waals surface area contributed by atoms with E-state index >= 15 is 0 Å². The molecule has 0 unspecified atom stereocenters. The first kappa shape index (κ1) is 14.5. The average molecular weight is 290 g/mol. The van der Waals surface area contributed by atoms with E-state index in [-0.39, 0.29) is 23.5 Å². The Bertz CT molecular complexity index is 708. The van der Waals surface area contributed by atoms with Crippen LogP contribution in [0.2, 0.25) is 0 Å². The first-order valence-corrected chi connectivity index (χ1v) is 6.13. The predicted octanol–water partition coefficient (Wildman–Crippen LogP) is 1.27. The number of nitrogens with zero attached hydrogens (tertiary/aromatic N) is 3. The highest BCUT2D eigenvalue weighted by atomic mass is 16.6. The Morgan fingerprint density at radius 1 is 1.52 bits per heavy atom. The number of phenolic OH excluding ortho intramolecular Hbond substituents is 1. The minimum absolute atomic E-state index is 0.134. The summed E-state index contributed by atoms with van der Waals surface area (Å²) in [7, 11) is 1.78. The van der Waals surface area contributed by atoms with Crippen LogP contribution in [0.25, 0.3) is 0 Å². The number of aromatic hydroxyl groups is 1. The molecule has 0 atom stereocenters. The molecule has 2 N–H and O–H groups in total. The highest BCUT2D eigenvalue weighted by molar-refractivity contribution is 5.97. The lowest BCUT2D eigenvalue weighted by Crippen LogP contribution is -2.23. The molecule has 1 aromatic carbocycles. The Morgan fingerprint density at radius 3 is 2.81 bits per heavy atom. The number of nitro groups is 1. The van der Waals surface area contributed by atoms with Gasteiger partial charge in [0.1, 0.15) is 5.75 Å². The summed E-state index contributed by atoms with van der Waals surface area (Å²) in [6, 6.07) is 3.31. The first-order chi connectivity index (χ1) is 9.90. The first-order valence-electron chi connectivity index (χ1n) is 6.13. The summed E-state index contributed by atoms with van der Waals surface area (Å²) in [5.74, 6) is -0.888. The number of nitrogens with one attached hydrogen (secondary N) is 1. The van der Waals surface area contributed by atoms with Crippen LogP contribution in [-0.4, -0.2) is 25.7 Å². The van der Waals surface area contributed by atoms with Gasteiger partial charge in [-0.15, -0.1) is 0 Å². The molecule has 0 fully saturated rings. The van der Waals surface area contributed by atoms with Crippen LogP contribution in [0.1, 0.15) is 21.6 Å². The fourth-order valence-electron chi connectivity index (χ4n) is 1.81. The molecule has 0 aliphatic carbocycles. The third kappa shape index (κ3) is 2.99. The van der Waals surface area contributed by atoms with Gasteiger partial charge in [-0.25, -0.2) is 0 Å². The number of aryl methyl sites for hydroxylation is 1. The molecule has 0 saturated heterocycles. The van der Waals surface area contributed by atoms with Crippen LogP contribution < -0.4 is 5.32 Å². The van der Waals surface area contributed by atoms with Crippen LogP contribution >= 0.6 is 0 Å². The number of hydrogen-bond acceptors (Lipinski definition) is 5. The van der Waals surface area contributed by atoms with Crippen molar-refractivity contribution in [2.24, 2.45) is 7.05 Å². The molecule has 0 aliphatic rings. The van der Waals surface area contributed by atoms with Crippen LogP contribution in [0.4, 0.5) is 5.69 Å². The predicted molar refractivity (Wildman–Crippen MR) is 73.9 cm³/mol. The summed E-state index contributed by atoms with van der Waals surface area (Å²) in [4.78, 5) is 22.1. The van der Waals surface area contributed by atoms with Crippen molar-refractivity contribution < 1.29 is 14.8 Å². The molecule has 110 valence electrons. The summed E-state index contributed by atoms with van der Waals surface area (Å²) in [5.41, 5.74) is 1.34. The maximum Gasteiger partial charge on any atom is 0.270 e. The molecule has 1 aromatic heterocycles. The molecule has 0 radical (unpaired) electrons. The number of carbonyl (C=O) groups is 1. The van der Waals surface area contributed by atoms with Gasteiger partial charge in [-0.3, -0.25) is 19.6 Å². The fraction of sp³-hybridized carbons (Fsp3) is 0.231. The van der Waals surface area contributed by atoms with Gasteiger partial charge in [-0.05, 0) is 13.0 Å². The molecule has 1 heterocycles. The van der Waals surface area contributed by atoms with Crippen LogP contribution in [-0.2, 0) is 13.6 Å². The van der Waals surface area contributed by atoms with Gasteiger partial charge in [-0.2, -0.15) is 5.10 Å². The third-order valence-electron chi connectivity index (χ3n) is 3.21. The number of benzene rings is 1. The van der Waals surface area contributed by atoms with Crippen molar-refractivity contribution in [1.82, 2.24) is 15.1 Å². The van der Waals surface area contributed by atoms with E-state index in [1.807, 2.05) is 6.92 Å². The van der Waals surface area contributed by atoms with Gasteiger partial charge in [0.2, 0.25) is 0 Å². The quantitative estimate of drug-likeness (QED) is 0.650. The van der Waals surface area contributed by atoms with Crippen molar-refractivity contribution in [2.75, 3.05) is 0 Å². The molecule has 21 heavy (non-hydrogen) atoms. The number of phenols is 1. The van der Waals surface area contributed by atoms with Crippen LogP contribution in [0.5, 0.6) is 5.75 Å². The third-order valence-corrected chi connectivity index (χ3v) is 3.21. The molecule has 0 saturated carbocycles. The Hall–Kier alpha value is -2.90. The van der Waals surface area contributed by atoms with Crippen molar-refractivity contribution in [3.8, 4) is 5.75 Å². The number of aromatic nitrogens is 2. The second-order valence-electron chi connectivity index (χ2n) is 4.52. The number of non-ortho nitro benzene ring substituents is 1. The van der Waals surface area contributed by atoms with Gasteiger partial charge < -0.3 is 10.4 Å². The molecule has 0 aliphatic heterocycles. The van der Waals surface area contributed by atoms with Gasteiger partial charge in [0.25, 0.3) is 11.6 Å². The van der Waals surface area contributed by atoms with Crippen LogP contribution in [0, 0.1) is 17.0 Å². The van der Waals surface area contributed by atoms with Crippen molar-refractivity contribution in [1.29, 1.82) is 0 Å². The van der Waals surface area contributed by atoms with E-state index < -0.39 is 10.8 Å². The van der Waals surface area contributed by atoms with E-state index in [2.05, 4.69) is 10.4 Å². The van der Waals surface area contributed by atoms with Crippen molar-refractivity contribution >= 4 is 11.6 Å². The Balaban J connectivity index is 2.15. The van der Waals surface area contributed by atoms with Crippen molar-refractivity contribution in [2.45, 2.75) is 13.5 Å². The van der Waals surface area contributed by atoms with Crippen LogP contribution in [0.3, 0.4) is 0 Å². The molecular formula is C13H14N4O4. The molecule has 2 rings (SSSR count). The fourth-order valence-corrected chi connectivity index (χ4v) is 1.81. The lowest BCUT2D eigenvalue weighted by molar-refractivity contribution is -0.384. The Morgan fingerprint density at radius 2 is 2.24 bits per heavy atom. The number of amides is 1. The minimum atomic E-state index is -0.624. The lowest BCUT2D eigenvalue weighted by atomic mass is 10.1. The lowest BCUT2D eigenvalue weighted by Gasteiger charge is -2.06. The molecule has 8 heteroatoms. The summed E-state index contributed by atoms with van der Waals surface area (Å²) in [5, 5.41) is 27.0. The zero-order valence-electron chi connectivity index (χ0n) is 11.5. The summed E-state index contributed by atoms with van der Waals surface area (Å²) < 4.78 is 1.67. The maximum atomic E-state index is 12.0. The van der Waals surface area contributed by atoms with E-state index in [9.17, 15) is 20.0 Å². The largest absolute Gasteiger partial charge is 0.507 e. The monoisotopic (exact) mass is 290 g/mol. The average Bonchev–Trinajstić information content (AvgIpc) is 2.76. The maximum absolute atomic E-state index is 12.0. The number of carbonyl (C=O) groups excluding carboxylic acids is 1. The Kier molecular flexibility index (Phi) is 3.88. The van der Waals surface area contributed by atoms with Crippen molar-refractivity contribution in [3.05, 3.63) is 51.3 Å². The van der Waals surface area contributed by atoms with E-state index in [0.717, 1.165) is 29.5 Å². The number of rotatable bonds is 4. The van der Waals surface area contributed by atoms with Gasteiger partial charge in [-0.1, -0.05) is 0 Å². The second kappa shape index (κ2) is 5.61. The second-order valence-corrected chi connectivity index (χ2v) is 4.52. The molecule has 0 spiro atoms. The summed E-state index contributed by atoms with van der Waals surface area (Å²) >= 11 is 0. The molecule has 8 nitrogen and oxygen atoms in total. The van der Waals surface area contributed by atoms with Crippen LogP contribution in [0.15, 0.2) is 24.4 Å². The van der Waals surface area contributed by atoms with Gasteiger partial charge in [0.15, 0.2) is 0 Å². The topological polar surface area (TPSA) is 110 Å². The van der Waals surface area contributed by atoms with Gasteiger partial charge in [0.05, 0.1) is 16.7 Å². The number of hydrogen-bond donors (Lipinski definition) is 2. The van der Waals surface area contributed by atoms with E-state index in [4.69, 9.17) is 0 Å². The Labute approximate surface area is 120 Å².